The summed E-state index contributed by atoms with van der Waals surface area (Å²) in [4.78, 5) is 31.4. The lowest BCUT2D eigenvalue weighted by Gasteiger charge is -2.29. The van der Waals surface area contributed by atoms with Gasteiger partial charge in [-0.2, -0.15) is 0 Å². The number of hydrogen-bond acceptors (Lipinski definition) is 5. The summed E-state index contributed by atoms with van der Waals surface area (Å²) in [7, 11) is 0. The summed E-state index contributed by atoms with van der Waals surface area (Å²) in [5.41, 5.74) is 4.59. The number of aromatic amines is 1. The van der Waals surface area contributed by atoms with Gasteiger partial charge in [0.2, 0.25) is 0 Å². The predicted octanol–water partition coefficient (Wildman–Crippen LogP) is 4.56. The molecule has 2 N–H and O–H groups in total. The Morgan fingerprint density at radius 1 is 1.08 bits per heavy atom. The number of carbonyl (C=O) groups excluding carboxylic acids is 1. The van der Waals surface area contributed by atoms with Crippen molar-refractivity contribution in [2.75, 3.05) is 37.7 Å². The molecule has 1 saturated heterocycles. The van der Waals surface area contributed by atoms with Crippen molar-refractivity contribution < 1.29 is 9.53 Å². The van der Waals surface area contributed by atoms with E-state index in [0.29, 0.717) is 42.0 Å². The molecule has 188 valence electrons. The first-order chi connectivity index (χ1) is 17.6. The number of allylic oxidation sites excluding steroid dienone is 1. The molecule has 2 aromatic carbocycles. The summed E-state index contributed by atoms with van der Waals surface area (Å²) in [5, 5.41) is 3.63. The summed E-state index contributed by atoms with van der Waals surface area (Å²) >= 11 is 5.50. The van der Waals surface area contributed by atoms with Crippen molar-refractivity contribution in [3.8, 4) is 0 Å². The quantitative estimate of drug-likeness (QED) is 0.364. The molecule has 3 aromatic rings. The molecule has 36 heavy (non-hydrogen) atoms. The van der Waals surface area contributed by atoms with Gasteiger partial charge in [0.05, 0.1) is 30.7 Å². The smallest absolute Gasteiger partial charge is 0.262 e. The van der Waals surface area contributed by atoms with E-state index in [2.05, 4.69) is 21.3 Å². The normalized spacial score (nSPS) is 16.1. The fourth-order valence-electron chi connectivity index (χ4n) is 4.91. The molecule has 1 aliphatic carbocycles. The van der Waals surface area contributed by atoms with Crippen LogP contribution < -0.4 is 15.8 Å². The number of hydrogen-bond donors (Lipinski definition) is 2. The van der Waals surface area contributed by atoms with Gasteiger partial charge in [0.15, 0.2) is 4.77 Å². The Morgan fingerprint density at radius 2 is 1.89 bits per heavy atom. The van der Waals surface area contributed by atoms with E-state index < -0.39 is 0 Å². The number of ether oxygens (including phenoxy) is 1. The van der Waals surface area contributed by atoms with E-state index in [1.807, 2.05) is 30.3 Å². The van der Waals surface area contributed by atoms with Gasteiger partial charge in [-0.1, -0.05) is 23.8 Å². The molecule has 1 aliphatic heterocycles. The maximum Gasteiger partial charge on any atom is 0.262 e. The van der Waals surface area contributed by atoms with Crippen LogP contribution in [0.1, 0.15) is 48.0 Å². The second-order valence-corrected chi connectivity index (χ2v) is 9.85. The summed E-state index contributed by atoms with van der Waals surface area (Å²) in [5.74, 6) is -0.0752. The number of aromatic nitrogens is 2. The average Bonchev–Trinajstić information content (AvgIpc) is 2.92. The first-order valence-electron chi connectivity index (χ1n) is 12.7. The highest BCUT2D eigenvalue weighted by molar-refractivity contribution is 7.71. The van der Waals surface area contributed by atoms with Crippen molar-refractivity contribution in [2.45, 2.75) is 38.6 Å². The van der Waals surface area contributed by atoms with Crippen LogP contribution in [0, 0.1) is 4.77 Å². The molecule has 5 rings (SSSR count). The minimum absolute atomic E-state index is 0.0752. The summed E-state index contributed by atoms with van der Waals surface area (Å²) in [6.45, 7) is 3.97. The monoisotopic (exact) mass is 504 g/mol. The third kappa shape index (κ3) is 5.60. The second kappa shape index (κ2) is 11.2. The van der Waals surface area contributed by atoms with E-state index in [1.165, 1.54) is 18.4 Å². The van der Waals surface area contributed by atoms with Crippen molar-refractivity contribution in [2.24, 2.45) is 0 Å². The summed E-state index contributed by atoms with van der Waals surface area (Å²) in [6.07, 6.45) is 8.06. The topological polar surface area (TPSA) is 79.4 Å². The average molecular weight is 505 g/mol. The Kier molecular flexibility index (Phi) is 7.63. The van der Waals surface area contributed by atoms with E-state index >= 15 is 0 Å². The molecule has 1 fully saturated rings. The number of carbonyl (C=O) groups is 1. The third-order valence-corrected chi connectivity index (χ3v) is 7.34. The number of H-pyrrole nitrogens is 1. The largest absolute Gasteiger partial charge is 0.378 e. The number of rotatable bonds is 7. The van der Waals surface area contributed by atoms with Crippen LogP contribution in [-0.2, 0) is 11.3 Å². The highest BCUT2D eigenvalue weighted by Crippen LogP contribution is 2.21. The molecule has 0 atom stereocenters. The van der Waals surface area contributed by atoms with Crippen LogP contribution in [0.15, 0.2) is 58.9 Å². The van der Waals surface area contributed by atoms with Crippen LogP contribution >= 0.6 is 12.2 Å². The highest BCUT2D eigenvalue weighted by Gasteiger charge is 2.14. The molecular weight excluding hydrogens is 472 g/mol. The van der Waals surface area contributed by atoms with Gasteiger partial charge in [-0.15, -0.1) is 0 Å². The molecule has 0 saturated carbocycles. The molecule has 1 aromatic heterocycles. The number of morpholine rings is 1. The van der Waals surface area contributed by atoms with Crippen LogP contribution in [-0.4, -0.2) is 48.3 Å². The van der Waals surface area contributed by atoms with Crippen LogP contribution in [0.4, 0.5) is 5.69 Å². The van der Waals surface area contributed by atoms with E-state index in [9.17, 15) is 9.59 Å². The maximum atomic E-state index is 13.4. The standard InChI is InChI=1S/C28H32N4O3S/c33-26(29-13-12-20-4-2-1-3-5-20)22-8-6-21(7-9-22)19-32-27(34)24-18-23(31-14-16-35-17-15-31)10-11-25(24)30-28(32)36/h4,6-11,18H,1-3,5,12-17,19H2,(H,29,33)(H,30,36). The SMILES string of the molecule is O=C(NCCC1=CCCCC1)c1ccc(Cn2c(=S)[nH]c3ccc(N4CCOCC4)cc3c2=O)cc1. The first kappa shape index (κ1) is 24.5. The lowest BCUT2D eigenvalue weighted by atomic mass is 9.97. The van der Waals surface area contributed by atoms with Crippen LogP contribution in [0.25, 0.3) is 10.9 Å². The number of fused-ring (bicyclic) bond motifs is 1. The van der Waals surface area contributed by atoms with E-state index in [0.717, 1.165) is 49.1 Å². The van der Waals surface area contributed by atoms with Gasteiger partial charge in [0.25, 0.3) is 11.5 Å². The van der Waals surface area contributed by atoms with Crippen LogP contribution in [0.2, 0.25) is 0 Å². The molecular formula is C28H32N4O3S. The zero-order valence-corrected chi connectivity index (χ0v) is 21.2. The maximum absolute atomic E-state index is 13.4. The zero-order valence-electron chi connectivity index (χ0n) is 20.4. The third-order valence-electron chi connectivity index (χ3n) is 7.02. The minimum Gasteiger partial charge on any atom is -0.378 e. The van der Waals surface area contributed by atoms with E-state index in [4.69, 9.17) is 17.0 Å². The molecule has 7 nitrogen and oxygen atoms in total. The summed E-state index contributed by atoms with van der Waals surface area (Å²) in [6, 6.07) is 13.2. The molecule has 8 heteroatoms. The molecule has 1 amide bonds. The lowest BCUT2D eigenvalue weighted by molar-refractivity contribution is 0.0954. The number of amides is 1. The lowest BCUT2D eigenvalue weighted by Crippen LogP contribution is -2.36. The molecule has 2 aliphatic rings. The first-order valence-corrected chi connectivity index (χ1v) is 13.1. The molecule has 0 radical (unpaired) electrons. The molecule has 0 spiro atoms. The van der Waals surface area contributed by atoms with Crippen molar-refractivity contribution in [3.05, 3.63) is 80.4 Å². The Labute approximate surface area is 215 Å². The van der Waals surface area contributed by atoms with E-state index in [-0.39, 0.29) is 11.5 Å². The van der Waals surface area contributed by atoms with Crippen LogP contribution in [0.3, 0.4) is 0 Å². The Hall–Kier alpha value is -3.23. The zero-order chi connectivity index (χ0) is 24.9. The van der Waals surface area contributed by atoms with Gasteiger partial charge in [-0.3, -0.25) is 14.2 Å². The molecule has 2 heterocycles. The molecule has 0 unspecified atom stereocenters. The Morgan fingerprint density at radius 3 is 2.64 bits per heavy atom. The van der Waals surface area contributed by atoms with Crippen LogP contribution in [0.5, 0.6) is 0 Å². The van der Waals surface area contributed by atoms with Gasteiger partial charge in [-0.05, 0) is 80.2 Å². The number of nitrogens with zero attached hydrogens (tertiary/aromatic N) is 2. The van der Waals surface area contributed by atoms with Gasteiger partial charge in [-0.25, -0.2) is 0 Å². The predicted molar refractivity (Wildman–Crippen MR) is 145 cm³/mol. The van der Waals surface area contributed by atoms with Gasteiger partial charge in [0, 0.05) is 30.9 Å². The second-order valence-electron chi connectivity index (χ2n) is 9.46. The minimum atomic E-state index is -0.123. The van der Waals surface area contributed by atoms with E-state index in [1.54, 1.807) is 16.7 Å². The number of nitrogens with one attached hydrogen (secondary N) is 2. The summed E-state index contributed by atoms with van der Waals surface area (Å²) < 4.78 is 7.40. The highest BCUT2D eigenvalue weighted by atomic mass is 32.1. The fourth-order valence-corrected chi connectivity index (χ4v) is 5.17. The Bertz CT molecular complexity index is 1380. The van der Waals surface area contributed by atoms with Gasteiger partial charge in [0.1, 0.15) is 0 Å². The Balaban J connectivity index is 1.28. The number of anilines is 1. The van der Waals surface area contributed by atoms with Crippen molar-refractivity contribution in [1.82, 2.24) is 14.9 Å². The van der Waals surface area contributed by atoms with Crippen molar-refractivity contribution >= 4 is 34.7 Å². The van der Waals surface area contributed by atoms with Gasteiger partial charge < -0.3 is 19.9 Å². The van der Waals surface area contributed by atoms with Gasteiger partial charge >= 0.3 is 0 Å². The van der Waals surface area contributed by atoms with Crippen molar-refractivity contribution in [1.29, 1.82) is 0 Å². The molecule has 0 bridgehead atoms. The van der Waals surface area contributed by atoms with Crippen molar-refractivity contribution in [3.63, 3.8) is 0 Å². The fraction of sp³-hybridized carbons (Fsp3) is 0.393. The number of benzene rings is 2.